The third-order valence-corrected chi connectivity index (χ3v) is 4.35. The van der Waals surface area contributed by atoms with Crippen LogP contribution in [0.1, 0.15) is 29.5 Å². The van der Waals surface area contributed by atoms with Crippen LogP contribution in [0.25, 0.3) is 0 Å². The van der Waals surface area contributed by atoms with Gasteiger partial charge in [0.1, 0.15) is 12.5 Å². The molecular weight excluding hydrogens is 352 g/mol. The Hall–Kier alpha value is -3.40. The number of benzene rings is 3. The van der Waals surface area contributed by atoms with E-state index in [-0.39, 0.29) is 6.61 Å². The van der Waals surface area contributed by atoms with Crippen LogP contribution in [0.5, 0.6) is 0 Å². The Labute approximate surface area is 164 Å². The van der Waals surface area contributed by atoms with Crippen molar-refractivity contribution in [2.24, 2.45) is 0 Å². The van der Waals surface area contributed by atoms with E-state index in [4.69, 9.17) is 9.47 Å². The molecule has 0 heterocycles. The first-order chi connectivity index (χ1) is 13.6. The van der Waals surface area contributed by atoms with E-state index in [1.165, 1.54) is 6.92 Å². The minimum Gasteiger partial charge on any atom is -0.458 e. The normalized spacial score (nSPS) is 11.6. The zero-order valence-corrected chi connectivity index (χ0v) is 15.7. The van der Waals surface area contributed by atoms with Crippen molar-refractivity contribution in [2.75, 3.05) is 0 Å². The molecule has 0 spiro atoms. The summed E-state index contributed by atoms with van der Waals surface area (Å²) in [4.78, 5) is 25.2. The molecule has 0 bridgehead atoms. The second-order valence-corrected chi connectivity index (χ2v) is 6.43. The predicted molar refractivity (Wildman–Crippen MR) is 107 cm³/mol. The van der Waals surface area contributed by atoms with Crippen molar-refractivity contribution in [1.82, 2.24) is 0 Å². The molecule has 0 radical (unpaired) electrons. The van der Waals surface area contributed by atoms with Crippen LogP contribution in [-0.4, -0.2) is 18.0 Å². The summed E-state index contributed by atoms with van der Waals surface area (Å²) in [5.41, 5.74) is 2.49. The van der Waals surface area contributed by atoms with Crippen molar-refractivity contribution in [3.63, 3.8) is 0 Å². The lowest BCUT2D eigenvalue weighted by Gasteiger charge is -2.19. The lowest BCUT2D eigenvalue weighted by molar-refractivity contribution is -0.167. The highest BCUT2D eigenvalue weighted by Crippen LogP contribution is 2.26. The highest BCUT2D eigenvalue weighted by Gasteiger charge is 2.28. The third kappa shape index (κ3) is 5.07. The molecule has 0 aliphatic rings. The summed E-state index contributed by atoms with van der Waals surface area (Å²) in [5, 5.41) is 0. The second-order valence-electron chi connectivity index (χ2n) is 6.43. The van der Waals surface area contributed by atoms with Gasteiger partial charge in [-0.25, -0.2) is 4.79 Å². The maximum Gasteiger partial charge on any atom is 0.347 e. The van der Waals surface area contributed by atoms with Gasteiger partial charge in [0.05, 0.1) is 0 Å². The van der Waals surface area contributed by atoms with Crippen LogP contribution >= 0.6 is 0 Å². The summed E-state index contributed by atoms with van der Waals surface area (Å²) in [6, 6.07) is 28.1. The van der Waals surface area contributed by atoms with Crippen LogP contribution in [0, 0.1) is 0 Å². The summed E-state index contributed by atoms with van der Waals surface area (Å²) < 4.78 is 10.7. The van der Waals surface area contributed by atoms with E-state index >= 15 is 0 Å². The lowest BCUT2D eigenvalue weighted by Crippen LogP contribution is -2.29. The summed E-state index contributed by atoms with van der Waals surface area (Å²) in [6.45, 7) is 1.67. The zero-order valence-electron chi connectivity index (χ0n) is 15.7. The van der Waals surface area contributed by atoms with Gasteiger partial charge >= 0.3 is 11.9 Å². The van der Waals surface area contributed by atoms with Crippen molar-refractivity contribution in [3.05, 3.63) is 108 Å². The topological polar surface area (TPSA) is 52.6 Å². The molecule has 0 aliphatic carbocycles. The van der Waals surface area contributed by atoms with Crippen LogP contribution in [0.15, 0.2) is 91.0 Å². The average molecular weight is 374 g/mol. The molecular formula is C24H22O4. The Balaban J connectivity index is 1.68. The molecule has 1 atom stereocenters. The number of hydrogen-bond donors (Lipinski definition) is 0. The predicted octanol–water partition coefficient (Wildman–Crippen LogP) is 4.49. The number of carbonyl (C=O) groups is 2. The Kier molecular flexibility index (Phi) is 6.58. The minimum absolute atomic E-state index is 0.141. The summed E-state index contributed by atoms with van der Waals surface area (Å²) in [7, 11) is 0. The van der Waals surface area contributed by atoms with E-state index in [2.05, 4.69) is 0 Å². The molecule has 4 heteroatoms. The zero-order chi connectivity index (χ0) is 19.8. The number of carbonyl (C=O) groups excluding carboxylic acids is 2. The maximum atomic E-state index is 12.9. The van der Waals surface area contributed by atoms with Crippen molar-refractivity contribution >= 4 is 11.9 Å². The van der Waals surface area contributed by atoms with E-state index in [9.17, 15) is 9.59 Å². The average Bonchev–Trinajstić information content (AvgIpc) is 2.74. The van der Waals surface area contributed by atoms with Gasteiger partial charge in [0, 0.05) is 0 Å². The number of hydrogen-bond acceptors (Lipinski definition) is 4. The van der Waals surface area contributed by atoms with Gasteiger partial charge in [0.2, 0.25) is 0 Å². The molecule has 0 unspecified atom stereocenters. The van der Waals surface area contributed by atoms with Crippen molar-refractivity contribution in [1.29, 1.82) is 0 Å². The van der Waals surface area contributed by atoms with Gasteiger partial charge in [-0.1, -0.05) is 91.0 Å². The summed E-state index contributed by atoms with van der Waals surface area (Å²) in [5.74, 6) is -1.66. The molecule has 3 aromatic carbocycles. The monoisotopic (exact) mass is 374 g/mol. The Morgan fingerprint density at radius 3 is 1.68 bits per heavy atom. The second kappa shape index (κ2) is 9.51. The molecule has 142 valence electrons. The molecule has 3 aromatic rings. The van der Waals surface area contributed by atoms with E-state index in [0.29, 0.717) is 0 Å². The standard InChI is InChI=1S/C24H22O4/c1-18(23(25)27-17-19-11-5-2-6-12-19)28-24(26)22(20-13-7-3-8-14-20)21-15-9-4-10-16-21/h2-16,18,22H,17H2,1H3/t18-/m0/s1. The quantitative estimate of drug-likeness (QED) is 0.572. The number of ether oxygens (including phenoxy) is 2. The number of esters is 2. The number of rotatable bonds is 7. The maximum absolute atomic E-state index is 12.9. The third-order valence-electron chi connectivity index (χ3n) is 4.35. The van der Waals surface area contributed by atoms with E-state index in [1.54, 1.807) is 0 Å². The molecule has 4 nitrogen and oxygen atoms in total. The molecule has 0 amide bonds. The first kappa shape index (κ1) is 19.4. The largest absolute Gasteiger partial charge is 0.458 e. The fourth-order valence-electron chi connectivity index (χ4n) is 2.89. The van der Waals surface area contributed by atoms with Gasteiger partial charge in [-0.15, -0.1) is 0 Å². The van der Waals surface area contributed by atoms with Gasteiger partial charge in [0.15, 0.2) is 6.10 Å². The lowest BCUT2D eigenvalue weighted by atomic mass is 9.91. The van der Waals surface area contributed by atoms with Crippen LogP contribution in [-0.2, 0) is 25.7 Å². The van der Waals surface area contributed by atoms with Crippen LogP contribution < -0.4 is 0 Å². The molecule has 0 saturated heterocycles. The molecule has 28 heavy (non-hydrogen) atoms. The fraction of sp³-hybridized carbons (Fsp3) is 0.167. The molecule has 0 aromatic heterocycles. The summed E-state index contributed by atoms with van der Waals surface area (Å²) >= 11 is 0. The van der Waals surface area contributed by atoms with Crippen molar-refractivity contribution in [3.8, 4) is 0 Å². The molecule has 3 rings (SSSR count). The van der Waals surface area contributed by atoms with Gasteiger partial charge in [-0.05, 0) is 23.6 Å². The highest BCUT2D eigenvalue weighted by molar-refractivity contribution is 5.85. The van der Waals surface area contributed by atoms with Crippen LogP contribution in [0.4, 0.5) is 0 Å². The highest BCUT2D eigenvalue weighted by atomic mass is 16.6. The van der Waals surface area contributed by atoms with Gasteiger partial charge in [-0.3, -0.25) is 4.79 Å². The first-order valence-electron chi connectivity index (χ1n) is 9.16. The van der Waals surface area contributed by atoms with E-state index in [1.807, 2.05) is 91.0 Å². The Morgan fingerprint density at radius 1 is 0.714 bits per heavy atom. The van der Waals surface area contributed by atoms with Crippen LogP contribution in [0.2, 0.25) is 0 Å². The van der Waals surface area contributed by atoms with Crippen LogP contribution in [0.3, 0.4) is 0 Å². The smallest absolute Gasteiger partial charge is 0.347 e. The summed E-state index contributed by atoms with van der Waals surface area (Å²) in [6.07, 6.45) is -0.994. The molecule has 0 saturated carbocycles. The molecule has 0 fully saturated rings. The van der Waals surface area contributed by atoms with Gasteiger partial charge < -0.3 is 9.47 Å². The first-order valence-corrected chi connectivity index (χ1v) is 9.16. The molecule has 0 N–H and O–H groups in total. The van der Waals surface area contributed by atoms with Crippen molar-refractivity contribution < 1.29 is 19.1 Å². The fourth-order valence-corrected chi connectivity index (χ4v) is 2.89. The van der Waals surface area contributed by atoms with Gasteiger partial charge in [-0.2, -0.15) is 0 Å². The SMILES string of the molecule is C[C@H](OC(=O)C(c1ccccc1)c1ccccc1)C(=O)OCc1ccccc1. The molecule has 0 aliphatic heterocycles. The van der Waals surface area contributed by atoms with Gasteiger partial charge in [0.25, 0.3) is 0 Å². The Morgan fingerprint density at radius 2 is 1.18 bits per heavy atom. The minimum atomic E-state index is -0.994. The van der Waals surface area contributed by atoms with E-state index < -0.39 is 24.0 Å². The Bertz CT molecular complexity index is 852. The van der Waals surface area contributed by atoms with E-state index in [0.717, 1.165) is 16.7 Å². The van der Waals surface area contributed by atoms with Crippen molar-refractivity contribution in [2.45, 2.75) is 25.6 Å².